The minimum absolute atomic E-state index is 0. The average molecular weight is 355 g/mol. The van der Waals surface area contributed by atoms with Gasteiger partial charge in [0.25, 0.3) is 5.92 Å². The summed E-state index contributed by atoms with van der Waals surface area (Å²) in [6.45, 7) is -1.65. The molecule has 0 heterocycles. The third-order valence-corrected chi connectivity index (χ3v) is 2.76. The highest BCUT2D eigenvalue weighted by Crippen LogP contribution is 2.40. The molecule has 0 bridgehead atoms. The van der Waals surface area contributed by atoms with Crippen LogP contribution >= 0.6 is 28.3 Å². The van der Waals surface area contributed by atoms with E-state index in [0.717, 1.165) is 0 Å². The molecule has 0 aliphatic heterocycles. The average Bonchev–Trinajstić information content (AvgIpc) is 2.26. The van der Waals surface area contributed by atoms with Gasteiger partial charge < -0.3 is 15.9 Å². The molecular formula is C9H9BrClF4NO2. The summed E-state index contributed by atoms with van der Waals surface area (Å²) in [5.74, 6) is -7.92. The van der Waals surface area contributed by atoms with Gasteiger partial charge in [0, 0.05) is 0 Å². The third kappa shape index (κ3) is 3.05. The number of halogens is 6. The first kappa shape index (κ1) is 17.4. The maximum atomic E-state index is 13.3. The molecule has 0 aromatic heterocycles. The molecule has 0 radical (unpaired) electrons. The van der Waals surface area contributed by atoms with Crippen molar-refractivity contribution in [3.05, 3.63) is 27.7 Å². The molecule has 0 amide bonds. The van der Waals surface area contributed by atoms with Crippen LogP contribution in [0.15, 0.2) is 10.5 Å². The zero-order valence-electron chi connectivity index (χ0n) is 8.63. The Hall–Kier alpha value is -0.570. The molecule has 0 spiro atoms. The Morgan fingerprint density at radius 1 is 1.39 bits per heavy atom. The van der Waals surface area contributed by atoms with E-state index < -0.39 is 41.5 Å². The fourth-order valence-electron chi connectivity index (χ4n) is 1.20. The number of rotatable bonds is 3. The number of alkyl halides is 2. The zero-order valence-corrected chi connectivity index (χ0v) is 11.0. The lowest BCUT2D eigenvalue weighted by Crippen LogP contribution is -2.37. The van der Waals surface area contributed by atoms with E-state index in [1.807, 2.05) is 0 Å². The number of phenolic OH excluding ortho intramolecular Hbond substituents is 1. The van der Waals surface area contributed by atoms with E-state index in [4.69, 9.17) is 10.8 Å². The van der Waals surface area contributed by atoms with Gasteiger partial charge in [-0.3, -0.25) is 0 Å². The molecule has 1 rings (SSSR count). The molecule has 0 aliphatic rings. The normalized spacial score (nSPS) is 13.1. The smallest absolute Gasteiger partial charge is 0.289 e. The van der Waals surface area contributed by atoms with Gasteiger partial charge in [-0.2, -0.15) is 0 Å². The maximum absolute atomic E-state index is 13.3. The minimum atomic E-state index is -3.88. The Labute approximate surface area is 114 Å². The van der Waals surface area contributed by atoms with E-state index in [-0.39, 0.29) is 16.9 Å². The molecule has 18 heavy (non-hydrogen) atoms. The molecule has 1 aromatic rings. The Balaban J connectivity index is 0.00000289. The Morgan fingerprint density at radius 2 is 1.89 bits per heavy atom. The lowest BCUT2D eigenvalue weighted by atomic mass is 10.00. The fourth-order valence-corrected chi connectivity index (χ4v) is 1.61. The standard InChI is InChI=1S/C9H8BrF4NO2.ClH/c10-3-1-4(11)6(12)5(7(3)17)8(15)9(13,14)2-16;/h1,8,16-17H,2,15H2;1H/t8-;/m0./s1. The molecule has 0 saturated carbocycles. The minimum Gasteiger partial charge on any atom is -0.506 e. The van der Waals surface area contributed by atoms with Crippen molar-refractivity contribution in [3.8, 4) is 5.75 Å². The predicted molar refractivity (Wildman–Crippen MR) is 61.9 cm³/mol. The van der Waals surface area contributed by atoms with Crippen LogP contribution in [-0.4, -0.2) is 22.7 Å². The van der Waals surface area contributed by atoms with Gasteiger partial charge in [0.05, 0.1) is 10.0 Å². The first-order chi connectivity index (χ1) is 7.72. The summed E-state index contributed by atoms with van der Waals surface area (Å²) >= 11 is 2.67. The number of aliphatic hydroxyl groups excluding tert-OH is 1. The molecular weight excluding hydrogens is 345 g/mol. The molecule has 4 N–H and O–H groups in total. The quantitative estimate of drug-likeness (QED) is 0.577. The third-order valence-electron chi connectivity index (χ3n) is 2.16. The van der Waals surface area contributed by atoms with Crippen LogP contribution in [-0.2, 0) is 0 Å². The number of nitrogens with two attached hydrogens (primary N) is 1. The number of aliphatic hydroxyl groups is 1. The summed E-state index contributed by atoms with van der Waals surface area (Å²) in [5.41, 5.74) is 3.94. The molecule has 1 atom stereocenters. The van der Waals surface area contributed by atoms with Crippen LogP contribution in [0.1, 0.15) is 11.6 Å². The largest absolute Gasteiger partial charge is 0.506 e. The highest BCUT2D eigenvalue weighted by atomic mass is 79.9. The van der Waals surface area contributed by atoms with Crippen molar-refractivity contribution in [2.75, 3.05) is 6.61 Å². The first-order valence-electron chi connectivity index (χ1n) is 4.33. The van der Waals surface area contributed by atoms with Gasteiger partial charge in [-0.15, -0.1) is 12.4 Å². The maximum Gasteiger partial charge on any atom is 0.289 e. The molecule has 0 fully saturated rings. The molecule has 104 valence electrons. The number of hydrogen-bond donors (Lipinski definition) is 3. The second kappa shape index (κ2) is 6.05. The summed E-state index contributed by atoms with van der Waals surface area (Å²) < 4.78 is 52.1. The van der Waals surface area contributed by atoms with Crippen LogP contribution in [0.25, 0.3) is 0 Å². The van der Waals surface area contributed by atoms with Crippen LogP contribution in [0, 0.1) is 11.6 Å². The monoisotopic (exact) mass is 353 g/mol. The molecule has 1 aromatic carbocycles. The first-order valence-corrected chi connectivity index (χ1v) is 5.12. The summed E-state index contributed by atoms with van der Waals surface area (Å²) in [6.07, 6.45) is 0. The van der Waals surface area contributed by atoms with Crippen LogP contribution in [0.2, 0.25) is 0 Å². The Kier molecular flexibility index (Phi) is 5.86. The van der Waals surface area contributed by atoms with Crippen LogP contribution in [0.4, 0.5) is 17.6 Å². The lowest BCUT2D eigenvalue weighted by molar-refractivity contribution is -0.0724. The summed E-state index contributed by atoms with van der Waals surface area (Å²) in [6, 6.07) is -1.78. The van der Waals surface area contributed by atoms with Gasteiger partial charge in [0.2, 0.25) is 0 Å². The van der Waals surface area contributed by atoms with Crippen LogP contribution in [0.3, 0.4) is 0 Å². The van der Waals surface area contributed by atoms with Crippen LogP contribution < -0.4 is 5.73 Å². The van der Waals surface area contributed by atoms with Crippen molar-refractivity contribution in [2.45, 2.75) is 12.0 Å². The van der Waals surface area contributed by atoms with E-state index in [1.54, 1.807) is 0 Å². The molecule has 0 saturated heterocycles. The topological polar surface area (TPSA) is 66.5 Å². The number of hydrogen-bond acceptors (Lipinski definition) is 3. The zero-order chi connectivity index (χ0) is 13.4. The van der Waals surface area contributed by atoms with Crippen molar-refractivity contribution in [1.29, 1.82) is 0 Å². The summed E-state index contributed by atoms with van der Waals surface area (Å²) in [7, 11) is 0. The lowest BCUT2D eigenvalue weighted by Gasteiger charge is -2.23. The highest BCUT2D eigenvalue weighted by molar-refractivity contribution is 9.10. The Bertz CT molecular complexity index is 421. The summed E-state index contributed by atoms with van der Waals surface area (Å²) in [5, 5.41) is 17.8. The van der Waals surface area contributed by atoms with E-state index in [1.165, 1.54) is 0 Å². The number of benzene rings is 1. The van der Waals surface area contributed by atoms with E-state index >= 15 is 0 Å². The Morgan fingerprint density at radius 3 is 2.33 bits per heavy atom. The molecule has 0 aliphatic carbocycles. The number of phenols is 1. The van der Waals surface area contributed by atoms with Crippen molar-refractivity contribution < 1.29 is 27.8 Å². The second-order valence-corrected chi connectivity index (χ2v) is 4.17. The van der Waals surface area contributed by atoms with Crippen LogP contribution in [0.5, 0.6) is 5.75 Å². The molecule has 3 nitrogen and oxygen atoms in total. The van der Waals surface area contributed by atoms with Gasteiger partial charge in [0.1, 0.15) is 18.4 Å². The highest BCUT2D eigenvalue weighted by Gasteiger charge is 2.41. The second-order valence-electron chi connectivity index (χ2n) is 3.31. The van der Waals surface area contributed by atoms with E-state index in [9.17, 15) is 22.7 Å². The van der Waals surface area contributed by atoms with Crippen molar-refractivity contribution in [1.82, 2.24) is 0 Å². The van der Waals surface area contributed by atoms with Crippen molar-refractivity contribution >= 4 is 28.3 Å². The van der Waals surface area contributed by atoms with Crippen molar-refractivity contribution in [3.63, 3.8) is 0 Å². The van der Waals surface area contributed by atoms with E-state index in [0.29, 0.717) is 6.07 Å². The molecule has 9 heteroatoms. The SMILES string of the molecule is Cl.N[C@@H](c1c(O)c(Br)cc(F)c1F)C(F)(F)CO. The van der Waals surface area contributed by atoms with Gasteiger partial charge in [-0.05, 0) is 22.0 Å². The summed E-state index contributed by atoms with van der Waals surface area (Å²) in [4.78, 5) is 0. The van der Waals surface area contributed by atoms with Gasteiger partial charge >= 0.3 is 0 Å². The van der Waals surface area contributed by atoms with E-state index in [2.05, 4.69) is 15.9 Å². The predicted octanol–water partition coefficient (Wildman–Crippen LogP) is 2.48. The van der Waals surface area contributed by atoms with Crippen molar-refractivity contribution in [2.24, 2.45) is 5.73 Å². The fraction of sp³-hybridized carbons (Fsp3) is 0.333. The van der Waals surface area contributed by atoms with Gasteiger partial charge in [-0.1, -0.05) is 0 Å². The van der Waals surface area contributed by atoms with Gasteiger partial charge in [0.15, 0.2) is 11.6 Å². The van der Waals surface area contributed by atoms with Gasteiger partial charge in [-0.25, -0.2) is 17.6 Å². The molecule has 0 unspecified atom stereocenters. The number of aromatic hydroxyl groups is 1.